The summed E-state index contributed by atoms with van der Waals surface area (Å²) in [6, 6.07) is 0.760. The predicted octanol–water partition coefficient (Wildman–Crippen LogP) is 3.19. The van der Waals surface area contributed by atoms with E-state index in [0.717, 1.165) is 17.8 Å². The second-order valence-corrected chi connectivity index (χ2v) is 6.20. The minimum absolute atomic E-state index is 0.725. The van der Waals surface area contributed by atoms with Gasteiger partial charge >= 0.3 is 0 Å². The Balaban J connectivity index is 1.88. The number of fused-ring (bicyclic) bond motifs is 1. The van der Waals surface area contributed by atoms with E-state index in [-0.39, 0.29) is 0 Å². The van der Waals surface area contributed by atoms with E-state index in [1.54, 1.807) is 11.5 Å². The van der Waals surface area contributed by atoms with Gasteiger partial charge in [0.05, 0.1) is 0 Å². The number of piperidine rings is 1. The molecule has 1 aliphatic carbocycles. The molecule has 2 fully saturated rings. The molecular formula is C13H21N3S. The van der Waals surface area contributed by atoms with Crippen molar-refractivity contribution >= 4 is 22.4 Å². The van der Waals surface area contributed by atoms with Crippen LogP contribution in [0.3, 0.4) is 0 Å². The van der Waals surface area contributed by atoms with Gasteiger partial charge < -0.3 is 10.6 Å². The monoisotopic (exact) mass is 251 g/mol. The van der Waals surface area contributed by atoms with Gasteiger partial charge in [-0.15, -0.1) is 0 Å². The first kappa shape index (κ1) is 11.3. The van der Waals surface area contributed by atoms with Crippen LogP contribution in [0.25, 0.3) is 0 Å². The molecule has 0 radical (unpaired) electrons. The van der Waals surface area contributed by atoms with Gasteiger partial charge in [-0.1, -0.05) is 12.8 Å². The van der Waals surface area contributed by atoms with Crippen LogP contribution in [0.1, 0.15) is 44.1 Å². The largest absolute Gasteiger partial charge is 0.383 e. The van der Waals surface area contributed by atoms with Crippen molar-refractivity contribution in [2.75, 3.05) is 17.2 Å². The fourth-order valence-corrected chi connectivity index (χ4v) is 4.38. The Kier molecular flexibility index (Phi) is 2.99. The number of aromatic nitrogens is 1. The van der Waals surface area contributed by atoms with E-state index in [1.165, 1.54) is 55.6 Å². The number of hydrogen-bond donors (Lipinski definition) is 1. The average molecular weight is 251 g/mol. The van der Waals surface area contributed by atoms with E-state index < -0.39 is 0 Å². The second-order valence-electron chi connectivity index (χ2n) is 5.45. The zero-order chi connectivity index (χ0) is 11.8. The summed E-state index contributed by atoms with van der Waals surface area (Å²) < 4.78 is 4.31. The summed E-state index contributed by atoms with van der Waals surface area (Å²) >= 11 is 1.59. The first-order chi connectivity index (χ1) is 8.27. The maximum absolute atomic E-state index is 5.89. The van der Waals surface area contributed by atoms with Gasteiger partial charge in [0.15, 0.2) is 0 Å². The molecular weight excluding hydrogens is 230 g/mol. The summed E-state index contributed by atoms with van der Waals surface area (Å²) in [7, 11) is 0. The van der Waals surface area contributed by atoms with Gasteiger partial charge in [-0.05, 0) is 50.1 Å². The van der Waals surface area contributed by atoms with Crippen LogP contribution in [-0.2, 0) is 0 Å². The summed E-state index contributed by atoms with van der Waals surface area (Å²) in [6.07, 6.45) is 8.37. The lowest BCUT2D eigenvalue weighted by Gasteiger charge is -2.44. The Hall–Kier alpha value is -0.770. The molecule has 0 spiro atoms. The molecule has 2 heterocycles. The second kappa shape index (κ2) is 4.48. The number of anilines is 2. The number of nitrogens with zero attached hydrogens (tertiary/aromatic N) is 2. The van der Waals surface area contributed by atoms with Crippen LogP contribution in [0.15, 0.2) is 0 Å². The Labute approximate surface area is 107 Å². The highest BCUT2D eigenvalue weighted by molar-refractivity contribution is 7.10. The first-order valence-electron chi connectivity index (χ1n) is 6.76. The van der Waals surface area contributed by atoms with Crippen LogP contribution >= 0.6 is 11.5 Å². The van der Waals surface area contributed by atoms with Crippen molar-refractivity contribution in [1.29, 1.82) is 0 Å². The SMILES string of the molecule is Cc1c(N)nsc1N1CCC[C@H]2CCCC[C@H]21. The molecule has 94 valence electrons. The molecule has 3 rings (SSSR count). The van der Waals surface area contributed by atoms with E-state index in [4.69, 9.17) is 5.73 Å². The molecule has 2 atom stereocenters. The van der Waals surface area contributed by atoms with E-state index in [1.807, 2.05) is 0 Å². The van der Waals surface area contributed by atoms with Crippen molar-refractivity contribution in [3.8, 4) is 0 Å². The van der Waals surface area contributed by atoms with Crippen LogP contribution in [0.5, 0.6) is 0 Å². The topological polar surface area (TPSA) is 42.1 Å². The molecule has 3 nitrogen and oxygen atoms in total. The third-order valence-electron chi connectivity index (χ3n) is 4.44. The van der Waals surface area contributed by atoms with E-state index in [2.05, 4.69) is 16.2 Å². The predicted molar refractivity (Wildman–Crippen MR) is 73.6 cm³/mol. The molecule has 1 aromatic rings. The van der Waals surface area contributed by atoms with Gasteiger partial charge in [-0.2, -0.15) is 4.37 Å². The fourth-order valence-electron chi connectivity index (χ4n) is 3.48. The highest BCUT2D eigenvalue weighted by Crippen LogP contribution is 2.41. The molecule has 1 saturated carbocycles. The van der Waals surface area contributed by atoms with Crippen LogP contribution in [-0.4, -0.2) is 17.0 Å². The van der Waals surface area contributed by atoms with Gasteiger partial charge in [0.1, 0.15) is 10.8 Å². The lowest BCUT2D eigenvalue weighted by molar-refractivity contribution is 0.244. The van der Waals surface area contributed by atoms with Gasteiger partial charge in [-0.3, -0.25) is 0 Å². The molecule has 0 bridgehead atoms. The third kappa shape index (κ3) is 1.92. The van der Waals surface area contributed by atoms with Gasteiger partial charge in [0.2, 0.25) is 0 Å². The van der Waals surface area contributed by atoms with Gasteiger partial charge in [-0.25, -0.2) is 0 Å². The molecule has 2 aliphatic rings. The highest BCUT2D eigenvalue weighted by atomic mass is 32.1. The Morgan fingerprint density at radius 2 is 2.00 bits per heavy atom. The van der Waals surface area contributed by atoms with Crippen molar-refractivity contribution in [2.24, 2.45) is 5.92 Å². The zero-order valence-electron chi connectivity index (χ0n) is 10.5. The summed E-state index contributed by atoms with van der Waals surface area (Å²) in [5.41, 5.74) is 7.08. The van der Waals surface area contributed by atoms with Crippen LogP contribution in [0, 0.1) is 12.8 Å². The maximum Gasteiger partial charge on any atom is 0.142 e. The Morgan fingerprint density at radius 1 is 1.24 bits per heavy atom. The molecule has 1 aromatic heterocycles. The summed E-state index contributed by atoms with van der Waals surface area (Å²) in [5, 5.41) is 1.33. The number of hydrogen-bond acceptors (Lipinski definition) is 4. The zero-order valence-corrected chi connectivity index (χ0v) is 11.3. The quantitative estimate of drug-likeness (QED) is 0.833. The van der Waals surface area contributed by atoms with Crippen molar-refractivity contribution < 1.29 is 0 Å². The summed E-state index contributed by atoms with van der Waals surface area (Å²) in [4.78, 5) is 2.61. The molecule has 0 aromatic carbocycles. The number of nitrogens with two attached hydrogens (primary N) is 1. The van der Waals surface area contributed by atoms with Gasteiger partial charge in [0, 0.05) is 18.2 Å². The summed E-state index contributed by atoms with van der Waals surface area (Å²) in [5.74, 6) is 1.64. The summed E-state index contributed by atoms with van der Waals surface area (Å²) in [6.45, 7) is 3.31. The normalized spacial score (nSPS) is 29.1. The standard InChI is InChI=1S/C13H21N3S/c1-9-12(14)15-17-13(9)16-8-4-6-10-5-2-3-7-11(10)16/h10-11H,2-8H2,1H3,(H2,14,15)/t10-,11-/m1/s1. The fraction of sp³-hybridized carbons (Fsp3) is 0.769. The lowest BCUT2D eigenvalue weighted by Crippen LogP contribution is -2.46. The Morgan fingerprint density at radius 3 is 2.76 bits per heavy atom. The van der Waals surface area contributed by atoms with E-state index in [0.29, 0.717) is 0 Å². The molecule has 1 aliphatic heterocycles. The minimum Gasteiger partial charge on any atom is -0.383 e. The van der Waals surface area contributed by atoms with E-state index >= 15 is 0 Å². The molecule has 2 N–H and O–H groups in total. The third-order valence-corrected chi connectivity index (χ3v) is 5.44. The van der Waals surface area contributed by atoms with Crippen molar-refractivity contribution in [3.63, 3.8) is 0 Å². The lowest BCUT2D eigenvalue weighted by atomic mass is 9.78. The van der Waals surface area contributed by atoms with Crippen molar-refractivity contribution in [1.82, 2.24) is 4.37 Å². The van der Waals surface area contributed by atoms with Crippen LogP contribution in [0.2, 0.25) is 0 Å². The average Bonchev–Trinajstić information content (AvgIpc) is 2.69. The first-order valence-corrected chi connectivity index (χ1v) is 7.53. The van der Waals surface area contributed by atoms with Gasteiger partial charge in [0.25, 0.3) is 0 Å². The molecule has 0 amide bonds. The number of nitrogen functional groups attached to an aromatic ring is 1. The van der Waals surface area contributed by atoms with Crippen LogP contribution in [0.4, 0.5) is 10.8 Å². The van der Waals surface area contributed by atoms with Crippen molar-refractivity contribution in [2.45, 2.75) is 51.5 Å². The van der Waals surface area contributed by atoms with Crippen molar-refractivity contribution in [3.05, 3.63) is 5.56 Å². The van der Waals surface area contributed by atoms with Crippen LogP contribution < -0.4 is 10.6 Å². The Bertz CT molecular complexity index is 399. The maximum atomic E-state index is 5.89. The van der Waals surface area contributed by atoms with E-state index in [9.17, 15) is 0 Å². The number of rotatable bonds is 1. The minimum atomic E-state index is 0.725. The smallest absolute Gasteiger partial charge is 0.142 e. The molecule has 1 saturated heterocycles. The molecule has 0 unspecified atom stereocenters. The molecule has 17 heavy (non-hydrogen) atoms. The highest BCUT2D eigenvalue weighted by Gasteiger charge is 2.34. The molecule has 4 heteroatoms.